The van der Waals surface area contributed by atoms with Gasteiger partial charge in [-0.15, -0.1) is 0 Å². The molecule has 4 rings (SSSR count). The van der Waals surface area contributed by atoms with Crippen LogP contribution in [0.3, 0.4) is 0 Å². The minimum atomic E-state index is -0.571. The second-order valence-corrected chi connectivity index (χ2v) is 6.18. The Bertz CT molecular complexity index is 888. The first kappa shape index (κ1) is 16.2. The third-order valence-corrected chi connectivity index (χ3v) is 4.32. The molecule has 2 aliphatic rings. The number of hydrogen-bond donors (Lipinski definition) is 3. The normalized spacial score (nSPS) is 16.6. The van der Waals surface area contributed by atoms with Crippen molar-refractivity contribution in [1.82, 2.24) is 15.3 Å². The van der Waals surface area contributed by atoms with Crippen LogP contribution in [0.2, 0.25) is 0 Å². The van der Waals surface area contributed by atoms with E-state index >= 15 is 0 Å². The van der Waals surface area contributed by atoms with Crippen LogP contribution < -0.4 is 20.9 Å². The molecule has 9 heteroatoms. The summed E-state index contributed by atoms with van der Waals surface area (Å²) in [7, 11) is 0. The van der Waals surface area contributed by atoms with Gasteiger partial charge in [-0.2, -0.15) is 4.98 Å². The van der Waals surface area contributed by atoms with Gasteiger partial charge in [0.1, 0.15) is 0 Å². The number of amides is 2. The molecule has 0 saturated carbocycles. The first-order valence-corrected chi connectivity index (χ1v) is 8.32. The van der Waals surface area contributed by atoms with Gasteiger partial charge in [-0.1, -0.05) is 0 Å². The van der Waals surface area contributed by atoms with Crippen molar-refractivity contribution < 1.29 is 14.0 Å². The van der Waals surface area contributed by atoms with E-state index in [2.05, 4.69) is 25.9 Å². The Hall–Kier alpha value is -3.23. The Morgan fingerprint density at radius 3 is 2.92 bits per heavy atom. The van der Waals surface area contributed by atoms with Gasteiger partial charge in [0.05, 0.1) is 12.7 Å². The SMILES string of the molecule is O=C1CN(c2nc(Nc3ccc4c(c3)CCC(=O)N4)ncc2F)CCN1. The lowest BCUT2D eigenvalue weighted by atomic mass is 10.0. The smallest absolute Gasteiger partial charge is 0.239 e. The molecule has 134 valence electrons. The Morgan fingerprint density at radius 1 is 1.19 bits per heavy atom. The van der Waals surface area contributed by atoms with E-state index in [4.69, 9.17) is 0 Å². The Labute approximate surface area is 148 Å². The van der Waals surface area contributed by atoms with Gasteiger partial charge in [0.25, 0.3) is 0 Å². The van der Waals surface area contributed by atoms with Crippen molar-refractivity contribution >= 4 is 35.0 Å². The Morgan fingerprint density at radius 2 is 2.08 bits per heavy atom. The molecule has 1 saturated heterocycles. The van der Waals surface area contributed by atoms with Gasteiger partial charge in [0, 0.05) is 30.9 Å². The Balaban J connectivity index is 1.56. The second-order valence-electron chi connectivity index (χ2n) is 6.18. The zero-order valence-corrected chi connectivity index (χ0v) is 13.9. The third-order valence-electron chi connectivity index (χ3n) is 4.32. The molecule has 3 N–H and O–H groups in total. The molecule has 0 spiro atoms. The van der Waals surface area contributed by atoms with E-state index in [1.165, 1.54) is 0 Å². The molecule has 1 aromatic heterocycles. The maximum atomic E-state index is 14.1. The summed E-state index contributed by atoms with van der Waals surface area (Å²) in [4.78, 5) is 32.8. The number of aryl methyl sites for hydroxylation is 1. The van der Waals surface area contributed by atoms with E-state index in [-0.39, 0.29) is 30.1 Å². The van der Waals surface area contributed by atoms with Crippen LogP contribution in [0, 0.1) is 5.82 Å². The number of carbonyl (C=O) groups is 2. The van der Waals surface area contributed by atoms with Crippen molar-refractivity contribution in [2.45, 2.75) is 12.8 Å². The minimum Gasteiger partial charge on any atom is -0.353 e. The van der Waals surface area contributed by atoms with Gasteiger partial charge in [0.15, 0.2) is 11.6 Å². The number of nitrogens with zero attached hydrogens (tertiary/aromatic N) is 3. The van der Waals surface area contributed by atoms with Crippen molar-refractivity contribution in [2.24, 2.45) is 0 Å². The summed E-state index contributed by atoms with van der Waals surface area (Å²) in [6.07, 6.45) is 2.20. The van der Waals surface area contributed by atoms with Crippen LogP contribution in [0.25, 0.3) is 0 Å². The topological polar surface area (TPSA) is 99.2 Å². The van der Waals surface area contributed by atoms with Crippen molar-refractivity contribution in [2.75, 3.05) is 35.2 Å². The predicted molar refractivity (Wildman–Crippen MR) is 93.9 cm³/mol. The summed E-state index contributed by atoms with van der Waals surface area (Å²) in [5.74, 6) is -0.385. The number of fused-ring (bicyclic) bond motifs is 1. The zero-order valence-electron chi connectivity index (χ0n) is 13.9. The molecular formula is C17H17FN6O2. The van der Waals surface area contributed by atoms with Crippen molar-refractivity contribution in [3.63, 3.8) is 0 Å². The van der Waals surface area contributed by atoms with Crippen LogP contribution in [0.1, 0.15) is 12.0 Å². The summed E-state index contributed by atoms with van der Waals surface area (Å²) >= 11 is 0. The third kappa shape index (κ3) is 3.28. The van der Waals surface area contributed by atoms with E-state index in [1.807, 2.05) is 12.1 Å². The number of piperazine rings is 1. The van der Waals surface area contributed by atoms with Crippen molar-refractivity contribution in [1.29, 1.82) is 0 Å². The van der Waals surface area contributed by atoms with E-state index in [1.54, 1.807) is 11.0 Å². The van der Waals surface area contributed by atoms with Crippen LogP contribution in [-0.4, -0.2) is 41.4 Å². The zero-order chi connectivity index (χ0) is 18.1. The average molecular weight is 356 g/mol. The molecule has 0 bridgehead atoms. The number of hydrogen-bond acceptors (Lipinski definition) is 6. The summed E-state index contributed by atoms with van der Waals surface area (Å²) in [6, 6.07) is 5.52. The van der Waals surface area contributed by atoms with Crippen LogP contribution in [-0.2, 0) is 16.0 Å². The van der Waals surface area contributed by atoms with E-state index in [0.717, 1.165) is 23.1 Å². The molecule has 2 aromatic rings. The lowest BCUT2D eigenvalue weighted by Crippen LogP contribution is -2.48. The lowest BCUT2D eigenvalue weighted by Gasteiger charge is -2.27. The quantitative estimate of drug-likeness (QED) is 0.764. The van der Waals surface area contributed by atoms with Gasteiger partial charge >= 0.3 is 0 Å². The number of nitrogens with one attached hydrogen (secondary N) is 3. The number of aromatic nitrogens is 2. The highest BCUT2D eigenvalue weighted by Gasteiger charge is 2.21. The highest BCUT2D eigenvalue weighted by atomic mass is 19.1. The standard InChI is InChI=1S/C17H17FN6O2/c18-12-8-20-17(23-16(12)24-6-5-19-15(26)9-24)21-11-2-3-13-10(7-11)1-4-14(25)22-13/h2-3,7-8H,1,4-6,9H2,(H,19,26)(H,22,25)(H,20,21,23). The fourth-order valence-corrected chi connectivity index (χ4v) is 3.05. The molecule has 26 heavy (non-hydrogen) atoms. The predicted octanol–water partition coefficient (Wildman–Crippen LogP) is 1.18. The highest BCUT2D eigenvalue weighted by Crippen LogP contribution is 2.27. The number of rotatable bonds is 3. The molecule has 2 amide bonds. The lowest BCUT2D eigenvalue weighted by molar-refractivity contribution is -0.120. The molecule has 0 aliphatic carbocycles. The van der Waals surface area contributed by atoms with Crippen LogP contribution in [0.5, 0.6) is 0 Å². The van der Waals surface area contributed by atoms with Gasteiger partial charge in [-0.3, -0.25) is 9.59 Å². The summed E-state index contributed by atoms with van der Waals surface area (Å²) in [6.45, 7) is 0.991. The largest absolute Gasteiger partial charge is 0.353 e. The molecule has 1 aromatic carbocycles. The number of anilines is 4. The van der Waals surface area contributed by atoms with E-state index in [0.29, 0.717) is 25.9 Å². The van der Waals surface area contributed by atoms with Crippen LogP contribution in [0.15, 0.2) is 24.4 Å². The first-order valence-electron chi connectivity index (χ1n) is 8.32. The maximum absolute atomic E-state index is 14.1. The van der Waals surface area contributed by atoms with Gasteiger partial charge in [-0.05, 0) is 30.2 Å². The van der Waals surface area contributed by atoms with E-state index < -0.39 is 5.82 Å². The van der Waals surface area contributed by atoms with Crippen LogP contribution >= 0.6 is 0 Å². The molecule has 0 atom stereocenters. The summed E-state index contributed by atoms with van der Waals surface area (Å²) in [5.41, 5.74) is 2.56. The molecule has 2 aliphatic heterocycles. The number of benzene rings is 1. The number of carbonyl (C=O) groups excluding carboxylic acids is 2. The molecule has 0 radical (unpaired) electrons. The Kier molecular flexibility index (Phi) is 4.11. The molecule has 1 fully saturated rings. The molecule has 8 nitrogen and oxygen atoms in total. The van der Waals surface area contributed by atoms with Gasteiger partial charge in [0.2, 0.25) is 17.8 Å². The second kappa shape index (κ2) is 6.58. The fraction of sp³-hybridized carbons (Fsp3) is 0.294. The van der Waals surface area contributed by atoms with Gasteiger partial charge in [-0.25, -0.2) is 9.37 Å². The minimum absolute atomic E-state index is 0.00953. The molecule has 3 heterocycles. The van der Waals surface area contributed by atoms with E-state index in [9.17, 15) is 14.0 Å². The highest BCUT2D eigenvalue weighted by molar-refractivity contribution is 5.94. The monoisotopic (exact) mass is 356 g/mol. The maximum Gasteiger partial charge on any atom is 0.239 e. The molecular weight excluding hydrogens is 339 g/mol. The summed E-state index contributed by atoms with van der Waals surface area (Å²) in [5, 5.41) is 8.57. The van der Waals surface area contributed by atoms with Gasteiger partial charge < -0.3 is 20.9 Å². The van der Waals surface area contributed by atoms with Crippen LogP contribution in [0.4, 0.5) is 27.5 Å². The van der Waals surface area contributed by atoms with Crippen molar-refractivity contribution in [3.8, 4) is 0 Å². The average Bonchev–Trinajstić information content (AvgIpc) is 2.63. The number of halogens is 1. The fourth-order valence-electron chi connectivity index (χ4n) is 3.05. The summed E-state index contributed by atoms with van der Waals surface area (Å²) < 4.78 is 14.1. The molecule has 0 unspecified atom stereocenters. The first-order chi connectivity index (χ1) is 12.6. The van der Waals surface area contributed by atoms with Crippen molar-refractivity contribution in [3.05, 3.63) is 35.8 Å².